The molecule has 1 aliphatic heterocycles. The Bertz CT molecular complexity index is 1270. The fourth-order valence-corrected chi connectivity index (χ4v) is 4.92. The van der Waals surface area contributed by atoms with Gasteiger partial charge in [-0.25, -0.2) is 0 Å². The number of Topliss-reactive ketones (excluding diaryl/α,β-unsaturated/α-hetero) is 1. The average Bonchev–Trinajstić information content (AvgIpc) is 2.96. The van der Waals surface area contributed by atoms with E-state index >= 15 is 0 Å². The van der Waals surface area contributed by atoms with Crippen LogP contribution >= 0.6 is 11.6 Å². The Morgan fingerprint density at radius 1 is 0.882 bits per heavy atom. The predicted molar refractivity (Wildman–Crippen MR) is 125 cm³/mol. The molecule has 0 aromatic heterocycles. The van der Waals surface area contributed by atoms with Crippen molar-refractivity contribution in [2.75, 3.05) is 10.6 Å². The smallest absolute Gasteiger partial charge is 0.406 e. The van der Waals surface area contributed by atoms with Crippen molar-refractivity contribution >= 4 is 28.8 Å². The molecule has 3 aromatic carbocycles. The third-order valence-electron chi connectivity index (χ3n) is 6.10. The molecule has 4 nitrogen and oxygen atoms in total. The highest BCUT2D eigenvalue weighted by atomic mass is 35.5. The summed E-state index contributed by atoms with van der Waals surface area (Å²) in [6.45, 7) is 0. The molecule has 0 amide bonds. The number of ketones is 1. The number of halogens is 4. The van der Waals surface area contributed by atoms with Crippen LogP contribution < -0.4 is 15.4 Å². The predicted octanol–water partition coefficient (Wildman–Crippen LogP) is 7.22. The molecule has 0 unspecified atom stereocenters. The summed E-state index contributed by atoms with van der Waals surface area (Å²) >= 11 is 6.43. The van der Waals surface area contributed by atoms with Crippen LogP contribution in [-0.2, 0) is 4.79 Å². The van der Waals surface area contributed by atoms with Gasteiger partial charge in [0.25, 0.3) is 0 Å². The van der Waals surface area contributed by atoms with E-state index in [2.05, 4.69) is 15.4 Å². The average molecular weight is 485 g/mol. The molecule has 174 valence electrons. The second-order valence-corrected chi connectivity index (χ2v) is 8.71. The van der Waals surface area contributed by atoms with E-state index in [1.54, 1.807) is 12.1 Å². The monoisotopic (exact) mass is 484 g/mol. The highest BCUT2D eigenvalue weighted by Crippen LogP contribution is 2.45. The third-order valence-corrected chi connectivity index (χ3v) is 6.45. The minimum absolute atomic E-state index is 0.0420. The Morgan fingerprint density at radius 2 is 1.56 bits per heavy atom. The van der Waals surface area contributed by atoms with Gasteiger partial charge in [0.1, 0.15) is 5.75 Å². The van der Waals surface area contributed by atoms with Crippen molar-refractivity contribution in [1.82, 2.24) is 0 Å². The molecule has 3 aromatic rings. The zero-order chi connectivity index (χ0) is 23.9. The van der Waals surface area contributed by atoms with Gasteiger partial charge >= 0.3 is 6.36 Å². The maximum absolute atomic E-state index is 13.5. The van der Waals surface area contributed by atoms with Crippen molar-refractivity contribution in [3.63, 3.8) is 0 Å². The number of hydrogen-bond donors (Lipinski definition) is 2. The van der Waals surface area contributed by atoms with Crippen LogP contribution in [-0.4, -0.2) is 12.1 Å². The van der Waals surface area contributed by atoms with E-state index in [-0.39, 0.29) is 23.9 Å². The maximum Gasteiger partial charge on any atom is 0.573 e. The van der Waals surface area contributed by atoms with E-state index < -0.39 is 12.4 Å². The Labute approximate surface area is 199 Å². The summed E-state index contributed by atoms with van der Waals surface area (Å²) in [5.41, 5.74) is 4.54. The molecule has 2 aliphatic rings. The van der Waals surface area contributed by atoms with E-state index in [0.717, 1.165) is 22.6 Å². The lowest BCUT2D eigenvalue weighted by atomic mass is 9.78. The van der Waals surface area contributed by atoms with E-state index in [1.165, 1.54) is 12.1 Å². The van der Waals surface area contributed by atoms with Crippen LogP contribution in [0.2, 0.25) is 5.02 Å². The van der Waals surface area contributed by atoms with Gasteiger partial charge in [-0.1, -0.05) is 54.1 Å². The summed E-state index contributed by atoms with van der Waals surface area (Å²) in [5.74, 6) is -0.438. The number of benzene rings is 3. The van der Waals surface area contributed by atoms with Gasteiger partial charge in [-0.15, -0.1) is 13.2 Å². The van der Waals surface area contributed by atoms with Crippen molar-refractivity contribution < 1.29 is 22.7 Å². The molecular weight excluding hydrogens is 465 g/mol. The summed E-state index contributed by atoms with van der Waals surface area (Å²) in [6, 6.07) is 20.2. The van der Waals surface area contributed by atoms with Gasteiger partial charge in [-0.05, 0) is 53.8 Å². The highest BCUT2D eigenvalue weighted by Gasteiger charge is 2.37. The van der Waals surface area contributed by atoms with Gasteiger partial charge in [0.15, 0.2) is 5.78 Å². The van der Waals surface area contributed by atoms with E-state index in [1.807, 2.05) is 48.5 Å². The summed E-state index contributed by atoms with van der Waals surface area (Å²) in [6.07, 6.45) is -3.91. The molecule has 0 saturated carbocycles. The lowest BCUT2D eigenvalue weighted by Gasteiger charge is -2.30. The Hall–Kier alpha value is -3.45. The number of anilines is 2. The number of carbonyl (C=O) groups is 1. The topological polar surface area (TPSA) is 50.4 Å². The molecule has 0 fully saturated rings. The first-order valence-corrected chi connectivity index (χ1v) is 11.2. The van der Waals surface area contributed by atoms with Crippen molar-refractivity contribution in [3.8, 4) is 5.75 Å². The van der Waals surface area contributed by atoms with E-state index in [9.17, 15) is 18.0 Å². The first kappa shape index (κ1) is 22.3. The molecule has 8 heteroatoms. The zero-order valence-corrected chi connectivity index (χ0v) is 18.6. The van der Waals surface area contributed by atoms with Gasteiger partial charge in [-0.3, -0.25) is 4.79 Å². The molecule has 1 heterocycles. The molecule has 0 radical (unpaired) electrons. The summed E-state index contributed by atoms with van der Waals surface area (Å²) in [5, 5.41) is 7.46. The van der Waals surface area contributed by atoms with Crippen LogP contribution in [0.1, 0.15) is 35.9 Å². The largest absolute Gasteiger partial charge is 0.573 e. The number of hydrogen-bond acceptors (Lipinski definition) is 4. The quantitative estimate of drug-likeness (QED) is 0.412. The van der Waals surface area contributed by atoms with Gasteiger partial charge in [0.05, 0.1) is 17.4 Å². The van der Waals surface area contributed by atoms with Crippen molar-refractivity contribution in [3.05, 3.63) is 100 Å². The number of rotatable bonds is 3. The molecular formula is C26H20ClF3N2O2. The molecule has 0 saturated heterocycles. The highest BCUT2D eigenvalue weighted by molar-refractivity contribution is 6.31. The minimum atomic E-state index is -4.77. The van der Waals surface area contributed by atoms with Crippen LogP contribution in [0.25, 0.3) is 0 Å². The molecule has 0 bridgehead atoms. The van der Waals surface area contributed by atoms with Gasteiger partial charge in [0, 0.05) is 22.7 Å². The number of alkyl halides is 3. The van der Waals surface area contributed by atoms with Crippen LogP contribution in [0.3, 0.4) is 0 Å². The molecule has 1 aliphatic carbocycles. The van der Waals surface area contributed by atoms with Gasteiger partial charge in [-0.2, -0.15) is 0 Å². The summed E-state index contributed by atoms with van der Waals surface area (Å²) in [4.78, 5) is 13.5. The fraction of sp³-hybridized carbons (Fsp3) is 0.192. The van der Waals surface area contributed by atoms with Crippen LogP contribution in [0.15, 0.2) is 84.1 Å². The third kappa shape index (κ3) is 4.48. The van der Waals surface area contributed by atoms with Crippen LogP contribution in [0.4, 0.5) is 24.5 Å². The van der Waals surface area contributed by atoms with E-state index in [4.69, 9.17) is 11.6 Å². The Morgan fingerprint density at radius 3 is 2.26 bits per heavy atom. The SMILES string of the molecule is O=C1C[C@H](c2ccccc2Cl)CC2=C1[C@@H](c1ccc(OC(F)(F)F)cc1)Nc1ccccc1N2. The second-order valence-electron chi connectivity index (χ2n) is 8.31. The lowest BCUT2D eigenvalue weighted by molar-refractivity contribution is -0.274. The second kappa shape index (κ2) is 8.72. The molecule has 0 spiro atoms. The summed E-state index contributed by atoms with van der Waals surface area (Å²) in [7, 11) is 0. The number of ether oxygens (including phenoxy) is 1. The standard InChI is InChI=1S/C26H20ClF3N2O2/c27-19-6-2-1-5-18(19)16-13-22-24(23(33)14-16)25(32-21-8-4-3-7-20(21)31-22)15-9-11-17(12-10-15)34-26(28,29)30/h1-12,16,25,31-32H,13-14H2/t16-,25-/m1/s1. The molecule has 2 N–H and O–H groups in total. The van der Waals surface area contributed by atoms with Gasteiger partial charge < -0.3 is 15.4 Å². The zero-order valence-electron chi connectivity index (χ0n) is 17.8. The molecule has 5 rings (SSSR count). The van der Waals surface area contributed by atoms with Crippen LogP contribution in [0, 0.1) is 0 Å². The number of fused-ring (bicyclic) bond motifs is 1. The Kier molecular flexibility index (Phi) is 5.73. The van der Waals surface area contributed by atoms with Crippen molar-refractivity contribution in [2.45, 2.75) is 31.2 Å². The van der Waals surface area contributed by atoms with Gasteiger partial charge in [0.2, 0.25) is 0 Å². The lowest BCUT2D eigenvalue weighted by Crippen LogP contribution is -2.27. The number of para-hydroxylation sites is 2. The first-order valence-electron chi connectivity index (χ1n) is 10.8. The number of carbonyl (C=O) groups excluding carboxylic acids is 1. The normalized spacial score (nSPS) is 19.9. The summed E-state index contributed by atoms with van der Waals surface area (Å²) < 4.78 is 41.8. The molecule has 2 atom stereocenters. The first-order chi connectivity index (χ1) is 16.3. The van der Waals surface area contributed by atoms with Crippen molar-refractivity contribution in [1.29, 1.82) is 0 Å². The van der Waals surface area contributed by atoms with E-state index in [0.29, 0.717) is 22.6 Å². The van der Waals surface area contributed by atoms with Crippen LogP contribution in [0.5, 0.6) is 5.75 Å². The minimum Gasteiger partial charge on any atom is -0.406 e. The number of allylic oxidation sites excluding steroid dienone is 1. The van der Waals surface area contributed by atoms with Crippen molar-refractivity contribution in [2.24, 2.45) is 0 Å². The fourth-order valence-electron chi connectivity index (χ4n) is 4.63. The number of nitrogens with one attached hydrogen (secondary N) is 2. The Balaban J connectivity index is 1.55. The molecule has 34 heavy (non-hydrogen) atoms. The maximum atomic E-state index is 13.5.